The summed E-state index contributed by atoms with van der Waals surface area (Å²) < 4.78 is 3.88. The summed E-state index contributed by atoms with van der Waals surface area (Å²) in [6.45, 7) is 5.99. The van der Waals surface area contributed by atoms with Gasteiger partial charge in [-0.2, -0.15) is 0 Å². The number of nitrogens with one attached hydrogen (secondary N) is 1. The molecule has 92 valence electrons. The topological polar surface area (TPSA) is 60.0 Å². The van der Waals surface area contributed by atoms with Crippen molar-refractivity contribution in [1.82, 2.24) is 24.3 Å². The van der Waals surface area contributed by atoms with E-state index in [1.54, 1.807) is 6.20 Å². The molecule has 0 spiro atoms. The van der Waals surface area contributed by atoms with Crippen LogP contribution < -0.4 is 5.43 Å². The van der Waals surface area contributed by atoms with Gasteiger partial charge < -0.3 is 0 Å². The molecule has 0 aliphatic carbocycles. The first-order valence-electron chi connectivity index (χ1n) is 5.75. The molecule has 1 N–H and O–H groups in total. The molecule has 0 bridgehead atoms. The highest BCUT2D eigenvalue weighted by Gasteiger charge is 2.09. The largest absolute Gasteiger partial charge is 0.282 e. The van der Waals surface area contributed by atoms with Gasteiger partial charge in [0, 0.05) is 23.8 Å². The first-order chi connectivity index (χ1) is 8.66. The van der Waals surface area contributed by atoms with E-state index < -0.39 is 0 Å². The van der Waals surface area contributed by atoms with E-state index in [0.29, 0.717) is 5.82 Å². The van der Waals surface area contributed by atoms with Gasteiger partial charge in [-0.1, -0.05) is 0 Å². The molecule has 0 radical (unpaired) electrons. The SMILES string of the molecule is Cc1ccc(C)n1Nc1nccn2c(C)nnc12. The minimum absolute atomic E-state index is 0.695. The third-order valence-corrected chi connectivity index (χ3v) is 2.99. The number of hydrogen-bond donors (Lipinski definition) is 1. The van der Waals surface area contributed by atoms with E-state index in [2.05, 4.69) is 32.7 Å². The molecule has 0 atom stereocenters. The number of aryl methyl sites for hydroxylation is 3. The fraction of sp³-hybridized carbons (Fsp3) is 0.250. The fourth-order valence-electron chi connectivity index (χ4n) is 1.97. The molecule has 0 fully saturated rings. The Morgan fingerprint density at radius 3 is 2.50 bits per heavy atom. The molecule has 0 aromatic carbocycles. The zero-order chi connectivity index (χ0) is 12.7. The number of rotatable bonds is 2. The highest BCUT2D eigenvalue weighted by molar-refractivity contribution is 5.62. The van der Waals surface area contributed by atoms with E-state index in [0.717, 1.165) is 22.9 Å². The van der Waals surface area contributed by atoms with Gasteiger partial charge in [0.2, 0.25) is 5.65 Å². The smallest absolute Gasteiger partial charge is 0.205 e. The van der Waals surface area contributed by atoms with Crippen LogP contribution in [0.3, 0.4) is 0 Å². The Morgan fingerprint density at radius 2 is 1.78 bits per heavy atom. The van der Waals surface area contributed by atoms with Crippen LogP contribution in [0.2, 0.25) is 0 Å². The van der Waals surface area contributed by atoms with Crippen molar-refractivity contribution in [2.45, 2.75) is 20.8 Å². The number of nitrogens with zero attached hydrogens (tertiary/aromatic N) is 5. The zero-order valence-electron chi connectivity index (χ0n) is 10.5. The van der Waals surface area contributed by atoms with Crippen LogP contribution in [0.5, 0.6) is 0 Å². The van der Waals surface area contributed by atoms with E-state index >= 15 is 0 Å². The minimum Gasteiger partial charge on any atom is -0.282 e. The molecule has 0 unspecified atom stereocenters. The van der Waals surface area contributed by atoms with Gasteiger partial charge >= 0.3 is 0 Å². The Kier molecular flexibility index (Phi) is 2.29. The standard InChI is InChI=1S/C12H14N6/c1-8-4-5-9(2)18(8)16-11-12-15-14-10(3)17(12)7-6-13-11/h4-7H,1-3H3,(H,13,16). The van der Waals surface area contributed by atoms with Crippen LogP contribution in [0.4, 0.5) is 5.82 Å². The molecule has 3 heterocycles. The second-order valence-electron chi connectivity index (χ2n) is 4.28. The van der Waals surface area contributed by atoms with Crippen LogP contribution >= 0.6 is 0 Å². The van der Waals surface area contributed by atoms with Crippen molar-refractivity contribution in [1.29, 1.82) is 0 Å². The van der Waals surface area contributed by atoms with Crippen molar-refractivity contribution in [2.75, 3.05) is 5.43 Å². The van der Waals surface area contributed by atoms with Crippen molar-refractivity contribution >= 4 is 11.5 Å². The number of aromatic nitrogens is 5. The molecular weight excluding hydrogens is 228 g/mol. The van der Waals surface area contributed by atoms with Gasteiger partial charge in [0.05, 0.1) is 0 Å². The molecule has 0 aliphatic heterocycles. The van der Waals surface area contributed by atoms with Crippen molar-refractivity contribution < 1.29 is 0 Å². The quantitative estimate of drug-likeness (QED) is 0.743. The van der Waals surface area contributed by atoms with Crippen LogP contribution in [0.25, 0.3) is 5.65 Å². The van der Waals surface area contributed by atoms with Gasteiger partial charge in [-0.25, -0.2) is 4.98 Å². The lowest BCUT2D eigenvalue weighted by molar-refractivity contribution is 0.868. The molecule has 6 heteroatoms. The predicted molar refractivity (Wildman–Crippen MR) is 68.4 cm³/mol. The zero-order valence-corrected chi connectivity index (χ0v) is 10.5. The normalized spacial score (nSPS) is 11.1. The van der Waals surface area contributed by atoms with Gasteiger partial charge in [-0.3, -0.25) is 14.5 Å². The summed E-state index contributed by atoms with van der Waals surface area (Å²) in [5, 5.41) is 8.19. The van der Waals surface area contributed by atoms with Crippen molar-refractivity contribution in [3.63, 3.8) is 0 Å². The van der Waals surface area contributed by atoms with Gasteiger partial charge in [0.1, 0.15) is 5.82 Å². The van der Waals surface area contributed by atoms with E-state index in [4.69, 9.17) is 0 Å². The molecule has 3 rings (SSSR count). The maximum atomic E-state index is 4.32. The van der Waals surface area contributed by atoms with Crippen LogP contribution in [0.15, 0.2) is 24.5 Å². The number of fused-ring (bicyclic) bond motifs is 1. The average molecular weight is 242 g/mol. The second-order valence-corrected chi connectivity index (χ2v) is 4.28. The first kappa shape index (κ1) is 10.8. The van der Waals surface area contributed by atoms with E-state index in [-0.39, 0.29) is 0 Å². The summed E-state index contributed by atoms with van der Waals surface area (Å²) in [6, 6.07) is 4.11. The molecule has 0 saturated heterocycles. The molecular formula is C12H14N6. The van der Waals surface area contributed by atoms with E-state index in [9.17, 15) is 0 Å². The maximum Gasteiger partial charge on any atom is 0.205 e. The third-order valence-electron chi connectivity index (χ3n) is 2.99. The van der Waals surface area contributed by atoms with Crippen LogP contribution in [-0.2, 0) is 0 Å². The minimum atomic E-state index is 0.695. The molecule has 0 amide bonds. The Bertz CT molecular complexity index is 689. The van der Waals surface area contributed by atoms with Crippen LogP contribution in [-0.4, -0.2) is 24.3 Å². The lowest BCUT2D eigenvalue weighted by Gasteiger charge is -2.11. The molecule has 0 saturated carbocycles. The van der Waals surface area contributed by atoms with Gasteiger partial charge in [0.15, 0.2) is 5.82 Å². The Hall–Kier alpha value is -2.37. The second kappa shape index (κ2) is 3.83. The Balaban J connectivity index is 2.10. The number of hydrogen-bond acceptors (Lipinski definition) is 4. The summed E-state index contributed by atoms with van der Waals surface area (Å²) in [5.74, 6) is 1.54. The summed E-state index contributed by atoms with van der Waals surface area (Å²) in [5.41, 5.74) is 6.22. The van der Waals surface area contributed by atoms with Crippen molar-refractivity contribution in [2.24, 2.45) is 0 Å². The third kappa shape index (κ3) is 1.54. The lowest BCUT2D eigenvalue weighted by Crippen LogP contribution is -2.14. The van der Waals surface area contributed by atoms with Crippen LogP contribution in [0.1, 0.15) is 17.2 Å². The van der Waals surface area contributed by atoms with Gasteiger partial charge in [0.25, 0.3) is 0 Å². The van der Waals surface area contributed by atoms with Gasteiger partial charge in [-0.15, -0.1) is 10.2 Å². The Morgan fingerprint density at radius 1 is 1.06 bits per heavy atom. The summed E-state index contributed by atoms with van der Waals surface area (Å²) in [6.07, 6.45) is 3.59. The summed E-state index contributed by atoms with van der Waals surface area (Å²) in [7, 11) is 0. The van der Waals surface area contributed by atoms with Crippen molar-refractivity contribution in [3.05, 3.63) is 41.7 Å². The predicted octanol–water partition coefficient (Wildman–Crippen LogP) is 1.73. The maximum absolute atomic E-state index is 4.32. The summed E-state index contributed by atoms with van der Waals surface area (Å²) >= 11 is 0. The first-order valence-corrected chi connectivity index (χ1v) is 5.75. The van der Waals surface area contributed by atoms with Crippen LogP contribution in [0, 0.1) is 20.8 Å². The average Bonchev–Trinajstić information content (AvgIpc) is 2.88. The fourth-order valence-corrected chi connectivity index (χ4v) is 1.97. The van der Waals surface area contributed by atoms with Gasteiger partial charge in [-0.05, 0) is 32.9 Å². The highest BCUT2D eigenvalue weighted by atomic mass is 15.4. The summed E-state index contributed by atoms with van der Waals surface area (Å²) in [4.78, 5) is 4.32. The van der Waals surface area contributed by atoms with E-state index in [1.807, 2.05) is 36.0 Å². The molecule has 0 aliphatic rings. The number of anilines is 1. The lowest BCUT2D eigenvalue weighted by atomic mass is 10.5. The molecule has 18 heavy (non-hydrogen) atoms. The molecule has 3 aromatic rings. The highest BCUT2D eigenvalue weighted by Crippen LogP contribution is 2.14. The molecule has 6 nitrogen and oxygen atoms in total. The Labute approximate surface area is 104 Å². The van der Waals surface area contributed by atoms with E-state index in [1.165, 1.54) is 0 Å². The monoisotopic (exact) mass is 242 g/mol. The van der Waals surface area contributed by atoms with Crippen molar-refractivity contribution in [3.8, 4) is 0 Å². The molecule has 3 aromatic heterocycles.